The summed E-state index contributed by atoms with van der Waals surface area (Å²) in [6, 6.07) is 14.4. The first-order valence-electron chi connectivity index (χ1n) is 12.3. The molecular weight excluding hydrogens is 455 g/mol. The van der Waals surface area contributed by atoms with E-state index in [9.17, 15) is 4.39 Å². The van der Waals surface area contributed by atoms with Crippen LogP contribution in [-0.2, 0) is 6.54 Å². The largest absolute Gasteiger partial charge is 0.370 e. The van der Waals surface area contributed by atoms with Crippen molar-refractivity contribution in [2.45, 2.75) is 32.7 Å². The summed E-state index contributed by atoms with van der Waals surface area (Å²) < 4.78 is 17.6. The molecule has 0 aliphatic heterocycles. The fourth-order valence-corrected chi connectivity index (χ4v) is 4.12. The molecule has 9 heteroatoms. The third-order valence-corrected chi connectivity index (χ3v) is 5.96. The number of aryl methyl sites for hydroxylation is 1. The molecule has 5 rings (SSSR count). The summed E-state index contributed by atoms with van der Waals surface area (Å²) in [4.78, 5) is 13.3. The summed E-state index contributed by atoms with van der Waals surface area (Å²) in [5.41, 5.74) is 4.11. The van der Waals surface area contributed by atoms with Crippen LogP contribution in [0.2, 0.25) is 0 Å². The molecule has 0 aliphatic carbocycles. The van der Waals surface area contributed by atoms with E-state index in [1.165, 1.54) is 12.1 Å². The lowest BCUT2D eigenvalue weighted by molar-refractivity contribution is 0.628. The monoisotopic (exact) mass is 484 g/mol. The van der Waals surface area contributed by atoms with Crippen LogP contribution in [0.4, 0.5) is 16.2 Å². The molecule has 36 heavy (non-hydrogen) atoms. The highest BCUT2D eigenvalue weighted by atomic mass is 19.1. The van der Waals surface area contributed by atoms with E-state index in [0.717, 1.165) is 72.7 Å². The van der Waals surface area contributed by atoms with Crippen molar-refractivity contribution in [3.63, 3.8) is 0 Å². The summed E-state index contributed by atoms with van der Waals surface area (Å²) in [5.74, 6) is 1.18. The van der Waals surface area contributed by atoms with Crippen molar-refractivity contribution in [3.05, 3.63) is 79.3 Å². The fourth-order valence-electron chi connectivity index (χ4n) is 4.12. The van der Waals surface area contributed by atoms with Gasteiger partial charge in [0, 0.05) is 43.8 Å². The van der Waals surface area contributed by atoms with Crippen LogP contribution in [0.5, 0.6) is 0 Å². The molecule has 8 nitrogen and oxygen atoms in total. The van der Waals surface area contributed by atoms with E-state index in [2.05, 4.69) is 27.5 Å². The van der Waals surface area contributed by atoms with Gasteiger partial charge in [-0.2, -0.15) is 5.10 Å². The van der Waals surface area contributed by atoms with Crippen LogP contribution in [-0.4, -0.2) is 42.2 Å². The average molecular weight is 485 g/mol. The van der Waals surface area contributed by atoms with Crippen LogP contribution < -0.4 is 10.6 Å². The van der Waals surface area contributed by atoms with E-state index in [1.54, 1.807) is 24.5 Å². The Bertz CT molecular complexity index is 1410. The molecule has 5 aromatic rings. The van der Waals surface area contributed by atoms with Gasteiger partial charge in [0.25, 0.3) is 0 Å². The van der Waals surface area contributed by atoms with Crippen LogP contribution in [0.25, 0.3) is 28.0 Å². The first kappa shape index (κ1) is 23.5. The standard InChI is InChI=1S/C27H29FN8/c1-2-3-13-30-24-7-4-6-23-25(26(34-36(23)24)20-8-10-21(28)11-9-20)22-12-15-32-27(33-22)31-14-5-17-35-18-16-29-19-35/h4,6-12,15-16,18-19,30H,2-3,5,13-14,17H2,1H3,(H,31,32,33). The van der Waals surface area contributed by atoms with Gasteiger partial charge in [-0.1, -0.05) is 19.4 Å². The van der Waals surface area contributed by atoms with E-state index < -0.39 is 0 Å². The van der Waals surface area contributed by atoms with Crippen LogP contribution in [0.1, 0.15) is 26.2 Å². The number of benzene rings is 1. The van der Waals surface area contributed by atoms with Gasteiger partial charge in [0.2, 0.25) is 5.95 Å². The molecular formula is C27H29FN8. The third kappa shape index (κ3) is 5.19. The van der Waals surface area contributed by atoms with Crippen LogP contribution in [0, 0.1) is 5.82 Å². The second-order valence-electron chi connectivity index (χ2n) is 8.57. The number of hydrogen-bond acceptors (Lipinski definition) is 6. The number of nitrogens with one attached hydrogen (secondary N) is 2. The van der Waals surface area contributed by atoms with Gasteiger partial charge in [0.05, 0.1) is 23.1 Å². The van der Waals surface area contributed by atoms with Gasteiger partial charge >= 0.3 is 0 Å². The van der Waals surface area contributed by atoms with E-state index in [0.29, 0.717) is 5.95 Å². The molecule has 4 heterocycles. The number of unbranched alkanes of at least 4 members (excludes halogenated alkanes) is 1. The summed E-state index contributed by atoms with van der Waals surface area (Å²) in [7, 11) is 0. The minimum atomic E-state index is -0.282. The number of aromatic nitrogens is 6. The quantitative estimate of drug-likeness (QED) is 0.241. The lowest BCUT2D eigenvalue weighted by Crippen LogP contribution is -2.08. The number of rotatable bonds is 11. The van der Waals surface area contributed by atoms with Crippen molar-refractivity contribution in [2.75, 3.05) is 23.7 Å². The highest BCUT2D eigenvalue weighted by Gasteiger charge is 2.19. The summed E-state index contributed by atoms with van der Waals surface area (Å²) in [5, 5.41) is 11.8. The SMILES string of the molecule is CCCCNc1cccc2c(-c3ccnc(NCCCn4ccnc4)n3)c(-c3ccc(F)cc3)nn12. The van der Waals surface area contributed by atoms with E-state index in [1.807, 2.05) is 45.9 Å². The average Bonchev–Trinajstić information content (AvgIpc) is 3.56. The number of nitrogens with zero attached hydrogens (tertiary/aromatic N) is 6. The number of imidazole rings is 1. The van der Waals surface area contributed by atoms with Crippen molar-refractivity contribution in [1.29, 1.82) is 0 Å². The highest BCUT2D eigenvalue weighted by Crippen LogP contribution is 2.35. The van der Waals surface area contributed by atoms with Crippen molar-refractivity contribution in [1.82, 2.24) is 29.1 Å². The molecule has 0 saturated carbocycles. The van der Waals surface area contributed by atoms with Gasteiger partial charge in [-0.25, -0.2) is 23.9 Å². The zero-order valence-corrected chi connectivity index (χ0v) is 20.2. The van der Waals surface area contributed by atoms with Crippen LogP contribution in [0.3, 0.4) is 0 Å². The summed E-state index contributed by atoms with van der Waals surface area (Å²) >= 11 is 0. The smallest absolute Gasteiger partial charge is 0.223 e. The van der Waals surface area contributed by atoms with Crippen LogP contribution in [0.15, 0.2) is 73.4 Å². The number of hydrogen-bond donors (Lipinski definition) is 2. The summed E-state index contributed by atoms with van der Waals surface area (Å²) in [6.07, 6.45) is 10.4. The zero-order valence-electron chi connectivity index (χ0n) is 20.2. The predicted molar refractivity (Wildman–Crippen MR) is 140 cm³/mol. The minimum absolute atomic E-state index is 0.282. The Balaban J connectivity index is 1.49. The maximum absolute atomic E-state index is 13.7. The second kappa shape index (κ2) is 11.0. The molecule has 4 aromatic heterocycles. The number of fused-ring (bicyclic) bond motifs is 1. The number of pyridine rings is 1. The van der Waals surface area contributed by atoms with Gasteiger partial charge < -0.3 is 15.2 Å². The molecule has 0 fully saturated rings. The highest BCUT2D eigenvalue weighted by molar-refractivity contribution is 5.91. The van der Waals surface area contributed by atoms with E-state index in [4.69, 9.17) is 10.1 Å². The zero-order chi connectivity index (χ0) is 24.7. The first-order valence-corrected chi connectivity index (χ1v) is 12.3. The molecule has 184 valence electrons. The fraction of sp³-hybridized carbons (Fsp3) is 0.259. The molecule has 0 aliphatic rings. The van der Waals surface area contributed by atoms with Gasteiger partial charge in [-0.15, -0.1) is 0 Å². The van der Waals surface area contributed by atoms with E-state index in [-0.39, 0.29) is 5.82 Å². The maximum atomic E-state index is 13.7. The molecule has 1 aromatic carbocycles. The molecule has 0 saturated heterocycles. The first-order chi connectivity index (χ1) is 17.7. The van der Waals surface area contributed by atoms with Gasteiger partial charge in [0.15, 0.2) is 0 Å². The Morgan fingerprint density at radius 2 is 1.81 bits per heavy atom. The Hall–Kier alpha value is -4.27. The Kier molecular flexibility index (Phi) is 7.16. The van der Waals surface area contributed by atoms with Gasteiger partial charge in [-0.3, -0.25) is 0 Å². The molecule has 0 radical (unpaired) electrons. The van der Waals surface area contributed by atoms with Crippen molar-refractivity contribution in [2.24, 2.45) is 0 Å². The van der Waals surface area contributed by atoms with Gasteiger partial charge in [-0.05, 0) is 55.3 Å². The Morgan fingerprint density at radius 3 is 2.61 bits per heavy atom. The van der Waals surface area contributed by atoms with Crippen LogP contribution >= 0.6 is 0 Å². The molecule has 0 amide bonds. The number of halogens is 1. The Morgan fingerprint density at radius 1 is 0.944 bits per heavy atom. The second-order valence-corrected chi connectivity index (χ2v) is 8.57. The molecule has 2 N–H and O–H groups in total. The third-order valence-electron chi connectivity index (χ3n) is 5.96. The minimum Gasteiger partial charge on any atom is -0.370 e. The lowest BCUT2D eigenvalue weighted by atomic mass is 10.0. The van der Waals surface area contributed by atoms with Crippen molar-refractivity contribution >= 4 is 17.3 Å². The predicted octanol–water partition coefficient (Wildman–Crippen LogP) is 5.51. The topological polar surface area (TPSA) is 85.0 Å². The van der Waals surface area contributed by atoms with E-state index >= 15 is 0 Å². The van der Waals surface area contributed by atoms with Crippen molar-refractivity contribution < 1.29 is 4.39 Å². The summed E-state index contributed by atoms with van der Waals surface area (Å²) in [6.45, 7) is 4.62. The Labute approximate surface area is 209 Å². The molecule has 0 bridgehead atoms. The van der Waals surface area contributed by atoms with Gasteiger partial charge in [0.1, 0.15) is 17.3 Å². The molecule has 0 spiro atoms. The normalized spacial score (nSPS) is 11.2. The maximum Gasteiger partial charge on any atom is 0.223 e. The lowest BCUT2D eigenvalue weighted by Gasteiger charge is -2.09. The molecule has 0 atom stereocenters. The number of anilines is 2. The van der Waals surface area contributed by atoms with Crippen molar-refractivity contribution in [3.8, 4) is 22.5 Å². The molecule has 0 unspecified atom stereocenters.